The molecule has 1 aliphatic carbocycles. The van der Waals surface area contributed by atoms with Gasteiger partial charge in [0, 0.05) is 17.6 Å². The van der Waals surface area contributed by atoms with E-state index in [-0.39, 0.29) is 23.3 Å². The second-order valence-corrected chi connectivity index (χ2v) is 8.53. The number of para-hydroxylation sites is 1. The number of nitrogens with one attached hydrogen (secondary N) is 1. The van der Waals surface area contributed by atoms with E-state index in [1.807, 2.05) is 42.5 Å². The lowest BCUT2D eigenvalue weighted by Crippen LogP contribution is -2.28. The van der Waals surface area contributed by atoms with Crippen LogP contribution in [0.5, 0.6) is 0 Å². The summed E-state index contributed by atoms with van der Waals surface area (Å²) in [6.45, 7) is 0.375. The Morgan fingerprint density at radius 2 is 1.86 bits per heavy atom. The molecule has 0 saturated heterocycles. The molecule has 0 atom stereocenters. The number of hydrogen-bond acceptors (Lipinski definition) is 4. The highest BCUT2D eigenvalue weighted by Gasteiger charge is 2.23. The summed E-state index contributed by atoms with van der Waals surface area (Å²) in [5.41, 5.74) is 1.53. The molecule has 2 aromatic carbocycles. The van der Waals surface area contributed by atoms with E-state index >= 15 is 0 Å². The number of benzene rings is 2. The van der Waals surface area contributed by atoms with Crippen LogP contribution in [0.4, 0.5) is 0 Å². The molecule has 1 aliphatic rings. The summed E-state index contributed by atoms with van der Waals surface area (Å²) in [6, 6.07) is 15.0. The van der Waals surface area contributed by atoms with Crippen LogP contribution >= 0.6 is 23.4 Å². The first kappa shape index (κ1) is 20.0. The van der Waals surface area contributed by atoms with E-state index in [1.54, 1.807) is 10.6 Å². The molecule has 0 unspecified atom stereocenters. The van der Waals surface area contributed by atoms with Gasteiger partial charge in [-0.15, -0.1) is 0 Å². The Labute approximate surface area is 178 Å². The highest BCUT2D eigenvalue weighted by molar-refractivity contribution is 7.99. The van der Waals surface area contributed by atoms with E-state index in [9.17, 15) is 9.59 Å². The highest BCUT2D eigenvalue weighted by Crippen LogP contribution is 2.32. The van der Waals surface area contributed by atoms with Crippen molar-refractivity contribution in [3.05, 3.63) is 69.5 Å². The molecule has 1 amide bonds. The molecule has 29 heavy (non-hydrogen) atoms. The molecule has 1 saturated carbocycles. The van der Waals surface area contributed by atoms with E-state index in [0.717, 1.165) is 31.2 Å². The van der Waals surface area contributed by atoms with Crippen molar-refractivity contribution in [1.29, 1.82) is 0 Å². The number of halogens is 1. The molecule has 0 aliphatic heterocycles. The Kier molecular flexibility index (Phi) is 6.21. The van der Waals surface area contributed by atoms with Gasteiger partial charge in [-0.2, -0.15) is 0 Å². The smallest absolute Gasteiger partial charge is 0.262 e. The Morgan fingerprint density at radius 1 is 1.14 bits per heavy atom. The van der Waals surface area contributed by atoms with E-state index in [0.29, 0.717) is 27.6 Å². The SMILES string of the molecule is O=C(CSc1nc2ccccc2c(=O)n1C1CCCC1)NCc1ccccc1Cl. The number of carbonyl (C=O) groups is 1. The van der Waals surface area contributed by atoms with E-state index < -0.39 is 0 Å². The third-order valence-corrected chi connectivity index (χ3v) is 6.55. The van der Waals surface area contributed by atoms with Crippen molar-refractivity contribution in [2.24, 2.45) is 0 Å². The molecule has 0 radical (unpaired) electrons. The van der Waals surface area contributed by atoms with Crippen molar-refractivity contribution in [1.82, 2.24) is 14.9 Å². The monoisotopic (exact) mass is 427 g/mol. The maximum Gasteiger partial charge on any atom is 0.262 e. The van der Waals surface area contributed by atoms with Gasteiger partial charge in [0.1, 0.15) is 0 Å². The number of fused-ring (bicyclic) bond motifs is 1. The minimum Gasteiger partial charge on any atom is -0.351 e. The molecule has 1 heterocycles. The average Bonchev–Trinajstić information content (AvgIpc) is 3.26. The second-order valence-electron chi connectivity index (χ2n) is 7.18. The van der Waals surface area contributed by atoms with Crippen molar-refractivity contribution < 1.29 is 4.79 Å². The lowest BCUT2D eigenvalue weighted by molar-refractivity contribution is -0.118. The summed E-state index contributed by atoms with van der Waals surface area (Å²) in [7, 11) is 0. The van der Waals surface area contributed by atoms with Crippen LogP contribution in [0, 0.1) is 0 Å². The number of rotatable bonds is 6. The Bertz CT molecular complexity index is 1090. The van der Waals surface area contributed by atoms with Gasteiger partial charge < -0.3 is 5.32 Å². The molecule has 1 N–H and O–H groups in total. The largest absolute Gasteiger partial charge is 0.351 e. The molecule has 7 heteroatoms. The third kappa shape index (κ3) is 4.49. The number of aromatic nitrogens is 2. The first-order valence-electron chi connectivity index (χ1n) is 9.77. The van der Waals surface area contributed by atoms with Crippen LogP contribution in [-0.4, -0.2) is 21.2 Å². The van der Waals surface area contributed by atoms with Crippen LogP contribution in [0.15, 0.2) is 58.5 Å². The number of amides is 1. The molecule has 5 nitrogen and oxygen atoms in total. The molecule has 3 aromatic rings. The van der Waals surface area contributed by atoms with Crippen LogP contribution in [0.25, 0.3) is 10.9 Å². The summed E-state index contributed by atoms with van der Waals surface area (Å²) in [5, 5.41) is 4.77. The third-order valence-electron chi connectivity index (χ3n) is 5.23. The minimum atomic E-state index is -0.115. The zero-order chi connectivity index (χ0) is 20.2. The fraction of sp³-hybridized carbons (Fsp3) is 0.318. The molecule has 0 spiro atoms. The van der Waals surface area contributed by atoms with Gasteiger partial charge in [-0.1, -0.05) is 66.5 Å². The topological polar surface area (TPSA) is 64.0 Å². The molecular weight excluding hydrogens is 406 g/mol. The normalized spacial score (nSPS) is 14.4. The summed E-state index contributed by atoms with van der Waals surface area (Å²) >= 11 is 7.46. The molecule has 1 fully saturated rings. The lowest BCUT2D eigenvalue weighted by Gasteiger charge is -2.18. The predicted octanol–water partition coefficient (Wildman–Crippen LogP) is 4.57. The number of carbonyl (C=O) groups excluding carboxylic acids is 1. The Hall–Kier alpha value is -2.31. The van der Waals surface area contributed by atoms with Crippen molar-refractivity contribution in [3.63, 3.8) is 0 Å². The minimum absolute atomic E-state index is 0.0125. The summed E-state index contributed by atoms with van der Waals surface area (Å²) in [5.74, 6) is 0.0809. The van der Waals surface area contributed by atoms with Gasteiger partial charge >= 0.3 is 0 Å². The first-order chi connectivity index (χ1) is 14.1. The maximum atomic E-state index is 13.1. The zero-order valence-corrected chi connectivity index (χ0v) is 17.5. The van der Waals surface area contributed by atoms with Crippen LogP contribution in [-0.2, 0) is 11.3 Å². The maximum absolute atomic E-state index is 13.1. The fourth-order valence-corrected chi connectivity index (χ4v) is 4.83. The Balaban J connectivity index is 1.52. The van der Waals surface area contributed by atoms with Gasteiger partial charge in [0.05, 0.1) is 16.7 Å². The van der Waals surface area contributed by atoms with E-state index in [1.165, 1.54) is 11.8 Å². The quantitative estimate of drug-likeness (QED) is 0.462. The second kappa shape index (κ2) is 9.01. The van der Waals surface area contributed by atoms with Gasteiger partial charge in [0.2, 0.25) is 5.91 Å². The first-order valence-corrected chi connectivity index (χ1v) is 11.1. The zero-order valence-electron chi connectivity index (χ0n) is 15.9. The summed E-state index contributed by atoms with van der Waals surface area (Å²) in [4.78, 5) is 30.2. The van der Waals surface area contributed by atoms with Gasteiger partial charge in [-0.3, -0.25) is 14.2 Å². The predicted molar refractivity (Wildman–Crippen MR) is 118 cm³/mol. The van der Waals surface area contributed by atoms with E-state index in [4.69, 9.17) is 16.6 Å². The molecular formula is C22H22ClN3O2S. The summed E-state index contributed by atoms with van der Waals surface area (Å²) in [6.07, 6.45) is 4.19. The van der Waals surface area contributed by atoms with Gasteiger partial charge in [-0.05, 0) is 36.6 Å². The standard InChI is InChI=1S/C22H22ClN3O2S/c23-18-11-5-1-7-15(18)13-24-20(27)14-29-22-25-19-12-6-4-10-17(19)21(28)26(22)16-8-2-3-9-16/h1,4-7,10-12,16H,2-3,8-9,13-14H2,(H,24,27). The van der Waals surface area contributed by atoms with Crippen molar-refractivity contribution in [3.8, 4) is 0 Å². The van der Waals surface area contributed by atoms with Crippen LogP contribution in [0.3, 0.4) is 0 Å². The molecule has 4 rings (SSSR count). The highest BCUT2D eigenvalue weighted by atomic mass is 35.5. The molecule has 150 valence electrons. The molecule has 0 bridgehead atoms. The average molecular weight is 428 g/mol. The van der Waals surface area contributed by atoms with Gasteiger partial charge in [0.15, 0.2) is 5.16 Å². The number of nitrogens with zero attached hydrogens (tertiary/aromatic N) is 2. The number of hydrogen-bond donors (Lipinski definition) is 1. The van der Waals surface area contributed by atoms with Gasteiger partial charge in [-0.25, -0.2) is 4.98 Å². The number of thioether (sulfide) groups is 1. The molecule has 1 aromatic heterocycles. The summed E-state index contributed by atoms with van der Waals surface area (Å²) < 4.78 is 1.81. The van der Waals surface area contributed by atoms with Gasteiger partial charge in [0.25, 0.3) is 5.56 Å². The van der Waals surface area contributed by atoms with Crippen molar-refractivity contribution in [2.45, 2.75) is 43.4 Å². The fourth-order valence-electron chi connectivity index (χ4n) is 3.73. The van der Waals surface area contributed by atoms with Crippen LogP contribution < -0.4 is 10.9 Å². The van der Waals surface area contributed by atoms with Crippen molar-refractivity contribution >= 4 is 40.2 Å². The van der Waals surface area contributed by atoms with Crippen LogP contribution in [0.2, 0.25) is 5.02 Å². The van der Waals surface area contributed by atoms with E-state index in [2.05, 4.69) is 5.32 Å². The Morgan fingerprint density at radius 3 is 2.66 bits per heavy atom. The lowest BCUT2D eigenvalue weighted by atomic mass is 10.2. The van der Waals surface area contributed by atoms with Crippen LogP contribution in [0.1, 0.15) is 37.3 Å². The van der Waals surface area contributed by atoms with Crippen molar-refractivity contribution in [2.75, 3.05) is 5.75 Å².